The molecule has 4 saturated heterocycles. The first-order chi connectivity index (χ1) is 31.8. The standard InChI is InChI=1S/C23H30N4O4.C12H21NO3.C11H10ClN3O.C4H9O.K/c1-14-20(25-13-26-21(14)30-19-7-6-10-24-15(19)2)29-18-11-16-8-9-17(12-18)27(16)22(28)31-23(3,4)5;1-12(2,3)16-11(15)13-8-4-5-9(13)7-10(14)6-8;1-7-10(12)14-6-15-11(7)16-9-4-3-5-13-8(9)2;1-4(2,3)5;/h6-7,10,13,16-18H,8-9,11-12H2,1-5H3;8-10,14H,4-7H2,1-3H3;3-6H,1-2H3;1-3H3;/q;;;-1;+1. The maximum atomic E-state index is 12.7. The largest absolute Gasteiger partial charge is 1.00 e. The maximum Gasteiger partial charge on any atom is 1.00 e. The number of nitrogens with zero attached hydrogens (tertiary/aromatic N) is 8. The molecule has 0 radical (unpaired) electrons. The second-order valence-electron chi connectivity index (χ2n) is 20.6. The summed E-state index contributed by atoms with van der Waals surface area (Å²) in [6, 6.07) is 7.95. The molecule has 69 heavy (non-hydrogen) atoms. The number of ether oxygens (including phenoxy) is 5. The van der Waals surface area contributed by atoms with Gasteiger partial charge in [-0.3, -0.25) is 9.97 Å². The number of hydrogen-bond acceptors (Lipinski definition) is 15. The smallest absolute Gasteiger partial charge is 0.850 e. The third kappa shape index (κ3) is 17.8. The zero-order valence-electron chi connectivity index (χ0n) is 42.9. The monoisotopic (exact) mass is 1000 g/mol. The Balaban J connectivity index is 0.000000230. The molecule has 4 aromatic heterocycles. The van der Waals surface area contributed by atoms with Crippen molar-refractivity contribution in [1.82, 2.24) is 39.7 Å². The number of carbonyl (C=O) groups excluding carboxylic acids is 2. The van der Waals surface area contributed by atoms with Crippen molar-refractivity contribution in [2.24, 2.45) is 0 Å². The summed E-state index contributed by atoms with van der Waals surface area (Å²) in [6.07, 6.45) is 12.4. The molecule has 0 spiro atoms. The molecule has 4 aliphatic rings. The Morgan fingerprint density at radius 3 is 1.41 bits per heavy atom. The molecule has 0 aromatic carbocycles. The van der Waals surface area contributed by atoms with Crippen LogP contribution in [0.2, 0.25) is 5.15 Å². The van der Waals surface area contributed by atoms with Gasteiger partial charge in [0.2, 0.25) is 17.6 Å². The maximum absolute atomic E-state index is 12.7. The number of aryl methyl sites for hydroxylation is 2. The van der Waals surface area contributed by atoms with Gasteiger partial charge in [0, 0.05) is 55.0 Å². The van der Waals surface area contributed by atoms with Crippen molar-refractivity contribution in [1.29, 1.82) is 0 Å². The van der Waals surface area contributed by atoms with Gasteiger partial charge in [0.15, 0.2) is 11.5 Å². The van der Waals surface area contributed by atoms with Crippen molar-refractivity contribution >= 4 is 23.8 Å². The van der Waals surface area contributed by atoms with Crippen LogP contribution in [0.4, 0.5) is 9.59 Å². The van der Waals surface area contributed by atoms with Crippen molar-refractivity contribution in [3.05, 3.63) is 77.0 Å². The minimum Gasteiger partial charge on any atom is -0.850 e. The molecule has 4 aromatic rings. The minimum atomic E-state index is -0.750. The van der Waals surface area contributed by atoms with Gasteiger partial charge in [-0.2, -0.15) is 0 Å². The molecule has 4 bridgehead atoms. The Bertz CT molecular complexity index is 2290. The predicted octanol–water partition coefficient (Wildman–Crippen LogP) is 6.58. The van der Waals surface area contributed by atoms with Gasteiger partial charge in [-0.1, -0.05) is 32.4 Å². The van der Waals surface area contributed by atoms with Gasteiger partial charge < -0.3 is 43.7 Å². The van der Waals surface area contributed by atoms with E-state index in [1.807, 2.05) is 97.2 Å². The first-order valence-electron chi connectivity index (χ1n) is 23.3. The van der Waals surface area contributed by atoms with Crippen LogP contribution in [-0.4, -0.2) is 110 Å². The Labute approximate surface area is 455 Å². The van der Waals surface area contributed by atoms with Gasteiger partial charge in [0.1, 0.15) is 35.1 Å². The van der Waals surface area contributed by atoms with Crippen LogP contribution in [0.5, 0.6) is 29.1 Å². The SMILES string of the molecule is CC(C)(C)OC(=O)N1C2CCC1CC(O)C2.CC(C)(C)[O-].Cc1ncccc1Oc1ncnc(Cl)c1C.Cc1ncccc1Oc1ncnc(OC2CC3CCC(C2)N3C(=O)OC(C)(C)C)c1C.[K+]. The van der Waals surface area contributed by atoms with Gasteiger partial charge in [-0.15, -0.1) is 5.60 Å². The fourth-order valence-electron chi connectivity index (χ4n) is 8.28. The summed E-state index contributed by atoms with van der Waals surface area (Å²) in [5.41, 5.74) is 1.36. The van der Waals surface area contributed by atoms with E-state index in [1.165, 1.54) is 12.7 Å². The predicted molar refractivity (Wildman–Crippen MR) is 255 cm³/mol. The second-order valence-corrected chi connectivity index (χ2v) is 20.9. The van der Waals surface area contributed by atoms with Gasteiger partial charge in [-0.25, -0.2) is 29.5 Å². The summed E-state index contributed by atoms with van der Waals surface area (Å²) < 4.78 is 28.9. The molecule has 0 saturated carbocycles. The molecule has 372 valence electrons. The van der Waals surface area contributed by atoms with Crippen molar-refractivity contribution in [2.75, 3.05) is 0 Å². The summed E-state index contributed by atoms with van der Waals surface area (Å²) >= 11 is 5.87. The van der Waals surface area contributed by atoms with E-state index in [2.05, 4.69) is 29.9 Å². The number of aromatic nitrogens is 6. The molecule has 2 amide bonds. The second kappa shape index (κ2) is 25.1. The van der Waals surface area contributed by atoms with E-state index in [-0.39, 0.29) is 99.9 Å². The summed E-state index contributed by atoms with van der Waals surface area (Å²) in [5.74, 6) is 2.74. The summed E-state index contributed by atoms with van der Waals surface area (Å²) in [5, 5.41) is 20.1. The Kier molecular flexibility index (Phi) is 21.0. The number of hydrogen-bond donors (Lipinski definition) is 1. The molecule has 0 aliphatic carbocycles. The van der Waals surface area contributed by atoms with Gasteiger partial charge in [0.05, 0.1) is 23.1 Å². The Morgan fingerprint density at radius 2 is 1.00 bits per heavy atom. The van der Waals surface area contributed by atoms with E-state index in [9.17, 15) is 19.8 Å². The van der Waals surface area contributed by atoms with E-state index >= 15 is 0 Å². The van der Waals surface area contributed by atoms with Crippen molar-refractivity contribution in [3.8, 4) is 29.1 Å². The third-order valence-corrected chi connectivity index (χ3v) is 11.6. The van der Waals surface area contributed by atoms with Crippen LogP contribution >= 0.6 is 11.6 Å². The average Bonchev–Trinajstić information content (AvgIpc) is 3.67. The third-order valence-electron chi connectivity index (χ3n) is 11.2. The molecular formula is C50H70ClKN8O9. The number of halogens is 1. The number of rotatable bonds is 6. The number of piperidine rings is 2. The average molecular weight is 1000 g/mol. The number of carbonyl (C=O) groups is 2. The molecule has 4 fully saturated rings. The van der Waals surface area contributed by atoms with Crippen LogP contribution in [0.15, 0.2) is 49.3 Å². The minimum absolute atomic E-state index is 0. The molecule has 8 rings (SSSR count). The molecule has 8 heterocycles. The van der Waals surface area contributed by atoms with Crippen molar-refractivity contribution in [2.45, 2.75) is 195 Å². The zero-order valence-corrected chi connectivity index (χ0v) is 46.8. The van der Waals surface area contributed by atoms with Crippen LogP contribution in [0.25, 0.3) is 0 Å². The van der Waals surface area contributed by atoms with Gasteiger partial charge >= 0.3 is 63.6 Å². The van der Waals surface area contributed by atoms with E-state index in [4.69, 9.17) is 35.3 Å². The van der Waals surface area contributed by atoms with Crippen LogP contribution in [0.3, 0.4) is 0 Å². The van der Waals surface area contributed by atoms with E-state index in [1.54, 1.807) is 39.2 Å². The van der Waals surface area contributed by atoms with Crippen molar-refractivity contribution < 1.29 is 94.9 Å². The van der Waals surface area contributed by atoms with Crippen LogP contribution in [0, 0.1) is 27.7 Å². The molecule has 1 N–H and O–H groups in total. The molecule has 4 aliphatic heterocycles. The van der Waals surface area contributed by atoms with Crippen LogP contribution in [-0.2, 0) is 9.47 Å². The summed E-state index contributed by atoms with van der Waals surface area (Å²) in [7, 11) is 0. The topological polar surface area (TPSA) is 207 Å². The van der Waals surface area contributed by atoms with E-state index < -0.39 is 16.8 Å². The normalized spacial score (nSPS) is 21.4. The molecule has 4 atom stereocenters. The van der Waals surface area contributed by atoms with Gasteiger partial charge in [-0.05, 0) is 132 Å². The Hall–Kier alpha value is -3.75. The van der Waals surface area contributed by atoms with Crippen molar-refractivity contribution in [3.63, 3.8) is 0 Å². The number of aliphatic hydroxyl groups is 1. The number of fused-ring (bicyclic) bond motifs is 4. The molecular weight excluding hydrogens is 931 g/mol. The fourth-order valence-corrected chi connectivity index (χ4v) is 8.40. The molecule has 19 heteroatoms. The summed E-state index contributed by atoms with van der Waals surface area (Å²) in [6.45, 7) is 23.7. The first kappa shape index (κ1) is 57.8. The van der Waals surface area contributed by atoms with Crippen LogP contribution in [0.1, 0.15) is 136 Å². The number of pyridine rings is 2. The molecule has 4 unspecified atom stereocenters. The van der Waals surface area contributed by atoms with E-state index in [0.29, 0.717) is 52.7 Å². The fraction of sp³-hybridized carbons (Fsp3) is 0.600. The quantitative estimate of drug-likeness (QED) is 0.160. The summed E-state index contributed by atoms with van der Waals surface area (Å²) in [4.78, 5) is 53.3. The first-order valence-corrected chi connectivity index (χ1v) is 23.7. The molecule has 17 nitrogen and oxygen atoms in total. The number of amides is 2. The zero-order chi connectivity index (χ0) is 50.1. The van der Waals surface area contributed by atoms with Gasteiger partial charge in [0.25, 0.3) is 0 Å². The van der Waals surface area contributed by atoms with Crippen LogP contribution < -0.4 is 70.7 Å². The Morgan fingerprint density at radius 1 is 0.623 bits per heavy atom. The number of aliphatic hydroxyl groups excluding tert-OH is 1. The van der Waals surface area contributed by atoms with E-state index in [0.717, 1.165) is 55.5 Å².